The normalized spacial score (nSPS) is 12.6. The lowest BCUT2D eigenvalue weighted by molar-refractivity contribution is 0.243. The Balaban J connectivity index is 2.59. The number of rotatable bonds is 4. The van der Waals surface area contributed by atoms with Crippen molar-refractivity contribution in [2.45, 2.75) is 11.8 Å². The molecule has 0 saturated carbocycles. The summed E-state index contributed by atoms with van der Waals surface area (Å²) >= 11 is 9.21. The molecule has 1 rings (SSSR count). The first kappa shape index (κ1) is 11.8. The first-order valence-electron chi connectivity index (χ1n) is 4.27. The Morgan fingerprint density at radius 1 is 1.57 bits per heavy atom. The van der Waals surface area contributed by atoms with Gasteiger partial charge in [-0.2, -0.15) is 0 Å². The average Bonchev–Trinajstić information content (AvgIpc) is 2.16. The Labute approximate surface area is 97.0 Å². The molecule has 0 fully saturated rings. The highest BCUT2D eigenvalue weighted by molar-refractivity contribution is 9.09. The van der Waals surface area contributed by atoms with E-state index in [1.165, 1.54) is 0 Å². The minimum absolute atomic E-state index is 0.0451. The molecule has 1 aromatic carbocycles. The topological polar surface area (TPSA) is 29.5 Å². The van der Waals surface area contributed by atoms with E-state index in [2.05, 4.69) is 15.9 Å². The molecule has 0 radical (unpaired) electrons. The van der Waals surface area contributed by atoms with E-state index in [9.17, 15) is 0 Å². The number of hydrogen-bond acceptors (Lipinski definition) is 2. The SMILES string of the molecule is Cc1ccc(OCC(Br)CO)c(Cl)c1. The second-order valence-electron chi connectivity index (χ2n) is 3.02. The number of halogens is 2. The molecule has 0 aliphatic carbocycles. The Morgan fingerprint density at radius 2 is 2.29 bits per heavy atom. The van der Waals surface area contributed by atoms with E-state index in [4.69, 9.17) is 21.4 Å². The molecule has 4 heteroatoms. The number of aliphatic hydroxyl groups is 1. The lowest BCUT2D eigenvalue weighted by Gasteiger charge is -2.10. The molecule has 0 heterocycles. The fraction of sp³-hybridized carbons (Fsp3) is 0.400. The monoisotopic (exact) mass is 278 g/mol. The highest BCUT2D eigenvalue weighted by atomic mass is 79.9. The molecule has 0 amide bonds. The molecule has 0 bridgehead atoms. The lowest BCUT2D eigenvalue weighted by Crippen LogP contribution is -2.15. The molecule has 14 heavy (non-hydrogen) atoms. The van der Waals surface area contributed by atoms with Crippen LogP contribution in [0.4, 0.5) is 0 Å². The van der Waals surface area contributed by atoms with Gasteiger partial charge in [-0.3, -0.25) is 0 Å². The molecule has 2 nitrogen and oxygen atoms in total. The second-order valence-corrected chi connectivity index (χ2v) is 4.73. The van der Waals surface area contributed by atoms with Crippen LogP contribution in [-0.4, -0.2) is 23.1 Å². The quantitative estimate of drug-likeness (QED) is 0.859. The lowest BCUT2D eigenvalue weighted by atomic mass is 10.2. The summed E-state index contributed by atoms with van der Waals surface area (Å²) in [5.41, 5.74) is 1.10. The van der Waals surface area contributed by atoms with Crippen LogP contribution in [0.25, 0.3) is 0 Å². The van der Waals surface area contributed by atoms with Gasteiger partial charge in [0.2, 0.25) is 0 Å². The van der Waals surface area contributed by atoms with Gasteiger partial charge in [-0.1, -0.05) is 33.6 Å². The highest BCUT2D eigenvalue weighted by Gasteiger charge is 2.05. The molecule has 0 spiro atoms. The molecular formula is C10H12BrClO2. The highest BCUT2D eigenvalue weighted by Crippen LogP contribution is 2.25. The van der Waals surface area contributed by atoms with Crippen LogP contribution in [-0.2, 0) is 0 Å². The molecule has 0 aliphatic rings. The van der Waals surface area contributed by atoms with Crippen molar-refractivity contribution in [2.24, 2.45) is 0 Å². The molecule has 0 aliphatic heterocycles. The van der Waals surface area contributed by atoms with Gasteiger partial charge in [-0.05, 0) is 24.6 Å². The average molecular weight is 280 g/mol. The van der Waals surface area contributed by atoms with E-state index in [0.29, 0.717) is 17.4 Å². The maximum Gasteiger partial charge on any atom is 0.137 e. The van der Waals surface area contributed by atoms with Gasteiger partial charge in [0.15, 0.2) is 0 Å². The van der Waals surface area contributed by atoms with Crippen LogP contribution < -0.4 is 4.74 Å². The summed E-state index contributed by atoms with van der Waals surface area (Å²) in [5, 5.41) is 9.37. The van der Waals surface area contributed by atoms with E-state index in [0.717, 1.165) is 5.56 Å². The van der Waals surface area contributed by atoms with Crippen molar-refractivity contribution in [3.8, 4) is 5.75 Å². The van der Waals surface area contributed by atoms with Crippen molar-refractivity contribution in [3.05, 3.63) is 28.8 Å². The molecule has 0 saturated heterocycles. The summed E-state index contributed by atoms with van der Waals surface area (Å²) in [5.74, 6) is 0.648. The molecular weight excluding hydrogens is 267 g/mol. The third kappa shape index (κ3) is 3.48. The number of hydrogen-bond donors (Lipinski definition) is 1. The van der Waals surface area contributed by atoms with E-state index in [1.54, 1.807) is 0 Å². The molecule has 0 aromatic heterocycles. The summed E-state index contributed by atoms with van der Waals surface area (Å²) in [7, 11) is 0. The largest absolute Gasteiger partial charge is 0.491 e. The fourth-order valence-corrected chi connectivity index (χ4v) is 1.38. The minimum Gasteiger partial charge on any atom is -0.491 e. The first-order chi connectivity index (χ1) is 6.63. The number of alkyl halides is 1. The van der Waals surface area contributed by atoms with Crippen LogP contribution in [0.1, 0.15) is 5.56 Å². The summed E-state index contributed by atoms with van der Waals surface area (Å²) in [6.45, 7) is 2.42. The van der Waals surface area contributed by atoms with Gasteiger partial charge in [-0.25, -0.2) is 0 Å². The Bertz CT molecular complexity index is 304. The van der Waals surface area contributed by atoms with Crippen LogP contribution in [0.3, 0.4) is 0 Å². The van der Waals surface area contributed by atoms with Crippen LogP contribution in [0.5, 0.6) is 5.75 Å². The van der Waals surface area contributed by atoms with Gasteiger partial charge < -0.3 is 9.84 Å². The summed E-state index contributed by atoms with van der Waals surface area (Å²) in [6.07, 6.45) is 0. The van der Waals surface area contributed by atoms with E-state index < -0.39 is 0 Å². The number of aryl methyl sites for hydroxylation is 1. The maximum absolute atomic E-state index is 8.77. The van der Waals surface area contributed by atoms with Crippen LogP contribution in [0.2, 0.25) is 5.02 Å². The summed E-state index contributed by atoms with van der Waals surface area (Å²) in [6, 6.07) is 5.61. The number of aliphatic hydroxyl groups excluding tert-OH is 1. The number of benzene rings is 1. The third-order valence-corrected chi connectivity index (χ3v) is 2.55. The summed E-state index contributed by atoms with van der Waals surface area (Å²) in [4.78, 5) is -0.0557. The Hall–Kier alpha value is -0.250. The maximum atomic E-state index is 8.77. The van der Waals surface area contributed by atoms with Crippen molar-refractivity contribution in [2.75, 3.05) is 13.2 Å². The Morgan fingerprint density at radius 3 is 2.86 bits per heavy atom. The van der Waals surface area contributed by atoms with Gasteiger partial charge in [0, 0.05) is 0 Å². The molecule has 1 aromatic rings. The number of ether oxygens (including phenoxy) is 1. The van der Waals surface area contributed by atoms with Crippen LogP contribution in [0.15, 0.2) is 18.2 Å². The van der Waals surface area contributed by atoms with E-state index in [-0.39, 0.29) is 11.4 Å². The third-order valence-electron chi connectivity index (χ3n) is 1.71. The van der Waals surface area contributed by atoms with Gasteiger partial charge in [0.1, 0.15) is 12.4 Å². The standard InChI is InChI=1S/C10H12BrClO2/c1-7-2-3-10(9(12)4-7)14-6-8(11)5-13/h2-4,8,13H,5-6H2,1H3. The van der Waals surface area contributed by atoms with Gasteiger partial charge >= 0.3 is 0 Å². The second kappa shape index (κ2) is 5.59. The van der Waals surface area contributed by atoms with Crippen LogP contribution >= 0.6 is 27.5 Å². The molecule has 78 valence electrons. The smallest absolute Gasteiger partial charge is 0.137 e. The first-order valence-corrected chi connectivity index (χ1v) is 5.56. The minimum atomic E-state index is -0.0557. The van der Waals surface area contributed by atoms with Crippen molar-refractivity contribution in [1.82, 2.24) is 0 Å². The van der Waals surface area contributed by atoms with Crippen molar-refractivity contribution >= 4 is 27.5 Å². The van der Waals surface area contributed by atoms with Crippen LogP contribution in [0, 0.1) is 6.92 Å². The van der Waals surface area contributed by atoms with Gasteiger partial charge in [0.05, 0.1) is 16.5 Å². The van der Waals surface area contributed by atoms with Crippen molar-refractivity contribution < 1.29 is 9.84 Å². The van der Waals surface area contributed by atoms with Crippen molar-refractivity contribution in [3.63, 3.8) is 0 Å². The predicted molar refractivity (Wildman–Crippen MR) is 61.5 cm³/mol. The zero-order valence-corrected chi connectivity index (χ0v) is 10.2. The van der Waals surface area contributed by atoms with Gasteiger partial charge in [0.25, 0.3) is 0 Å². The predicted octanol–water partition coefficient (Wildman–Crippen LogP) is 2.78. The molecule has 1 N–H and O–H groups in total. The fourth-order valence-electron chi connectivity index (χ4n) is 0.956. The van der Waals surface area contributed by atoms with E-state index in [1.807, 2.05) is 25.1 Å². The summed E-state index contributed by atoms with van der Waals surface area (Å²) < 4.78 is 5.41. The zero-order valence-electron chi connectivity index (χ0n) is 7.84. The zero-order chi connectivity index (χ0) is 10.6. The Kier molecular flexibility index (Phi) is 4.72. The van der Waals surface area contributed by atoms with Gasteiger partial charge in [-0.15, -0.1) is 0 Å². The molecule has 1 atom stereocenters. The van der Waals surface area contributed by atoms with Crippen molar-refractivity contribution in [1.29, 1.82) is 0 Å². The van der Waals surface area contributed by atoms with E-state index >= 15 is 0 Å². The molecule has 1 unspecified atom stereocenters.